The van der Waals surface area contributed by atoms with Crippen molar-refractivity contribution in [2.45, 2.75) is 44.7 Å². The highest BCUT2D eigenvalue weighted by atomic mass is 19.2. The zero-order valence-electron chi connectivity index (χ0n) is 15.5. The number of hydrogen-bond acceptors (Lipinski definition) is 5. The van der Waals surface area contributed by atoms with E-state index in [4.69, 9.17) is 0 Å². The maximum absolute atomic E-state index is 13.9. The summed E-state index contributed by atoms with van der Waals surface area (Å²) in [6, 6.07) is 3.28. The number of nitrogens with zero attached hydrogens (tertiary/aromatic N) is 1. The third kappa shape index (κ3) is 5.83. The SMILES string of the molecule is COC(=O)CCC(=O)CNC(=O)CC1CCC(=O)N1Cc1cccc(F)c1F. The van der Waals surface area contributed by atoms with Crippen LogP contribution in [0.15, 0.2) is 18.2 Å². The fraction of sp³-hybridized carbons (Fsp3) is 0.474. The zero-order chi connectivity index (χ0) is 20.7. The third-order valence-electron chi connectivity index (χ3n) is 4.56. The van der Waals surface area contributed by atoms with Crippen LogP contribution >= 0.6 is 0 Å². The minimum absolute atomic E-state index is 0.0404. The van der Waals surface area contributed by atoms with Crippen LogP contribution in [0.5, 0.6) is 0 Å². The summed E-state index contributed by atoms with van der Waals surface area (Å²) in [6.07, 6.45) is 0.481. The highest BCUT2D eigenvalue weighted by Crippen LogP contribution is 2.25. The number of Topliss-reactive ketones (excluding diaryl/α,β-unsaturated/α-hetero) is 1. The number of carbonyl (C=O) groups is 4. The molecule has 1 aromatic rings. The first kappa shape index (κ1) is 21.5. The molecule has 2 rings (SSSR count). The average Bonchev–Trinajstić information content (AvgIpc) is 3.01. The Labute approximate surface area is 161 Å². The van der Waals surface area contributed by atoms with Crippen LogP contribution in [0, 0.1) is 11.6 Å². The van der Waals surface area contributed by atoms with Crippen LogP contribution in [0.25, 0.3) is 0 Å². The van der Waals surface area contributed by atoms with Gasteiger partial charge in [-0.05, 0) is 12.5 Å². The Kier molecular flexibility index (Phi) is 7.60. The van der Waals surface area contributed by atoms with Gasteiger partial charge < -0.3 is 15.0 Å². The Morgan fingerprint density at radius 3 is 2.71 bits per heavy atom. The van der Waals surface area contributed by atoms with E-state index < -0.39 is 29.6 Å². The molecule has 2 amide bonds. The summed E-state index contributed by atoms with van der Waals surface area (Å²) in [5.41, 5.74) is 0.0404. The monoisotopic (exact) mass is 396 g/mol. The minimum Gasteiger partial charge on any atom is -0.469 e. The second-order valence-corrected chi connectivity index (χ2v) is 6.52. The molecule has 1 heterocycles. The van der Waals surface area contributed by atoms with E-state index in [1.807, 2.05) is 0 Å². The number of benzene rings is 1. The van der Waals surface area contributed by atoms with Gasteiger partial charge in [0.2, 0.25) is 11.8 Å². The zero-order valence-corrected chi connectivity index (χ0v) is 15.5. The summed E-state index contributed by atoms with van der Waals surface area (Å²) in [5, 5.41) is 2.46. The van der Waals surface area contributed by atoms with Crippen molar-refractivity contribution in [2.24, 2.45) is 0 Å². The number of ketones is 1. The van der Waals surface area contributed by atoms with E-state index in [-0.39, 0.29) is 56.0 Å². The molecule has 152 valence electrons. The van der Waals surface area contributed by atoms with Crippen molar-refractivity contribution in [2.75, 3.05) is 13.7 Å². The van der Waals surface area contributed by atoms with Crippen molar-refractivity contribution in [1.29, 1.82) is 0 Å². The van der Waals surface area contributed by atoms with E-state index in [0.717, 1.165) is 6.07 Å². The standard InChI is InChI=1S/C19H22F2N2O5/c1-28-18(27)8-6-14(24)10-22-16(25)9-13-5-7-17(26)23(13)11-12-3-2-4-15(20)19(12)21/h2-4,13H,5-11H2,1H3,(H,22,25). The Balaban J connectivity index is 1.87. The molecular formula is C19H22F2N2O5. The number of likely N-dealkylation sites (tertiary alicyclic amines) is 1. The average molecular weight is 396 g/mol. The molecule has 0 spiro atoms. The molecule has 1 N–H and O–H groups in total. The number of halogens is 2. The number of carbonyl (C=O) groups excluding carboxylic acids is 4. The van der Waals surface area contributed by atoms with Gasteiger partial charge in [-0.15, -0.1) is 0 Å². The van der Waals surface area contributed by atoms with E-state index in [0.29, 0.717) is 6.42 Å². The molecule has 1 saturated heterocycles. The first-order valence-electron chi connectivity index (χ1n) is 8.89. The number of amides is 2. The molecule has 1 aliphatic heterocycles. The van der Waals surface area contributed by atoms with Crippen molar-refractivity contribution >= 4 is 23.6 Å². The van der Waals surface area contributed by atoms with E-state index in [9.17, 15) is 28.0 Å². The second-order valence-electron chi connectivity index (χ2n) is 6.52. The fourth-order valence-corrected chi connectivity index (χ4v) is 2.99. The number of hydrogen-bond donors (Lipinski definition) is 1. The molecule has 7 nitrogen and oxygen atoms in total. The van der Waals surface area contributed by atoms with Crippen molar-refractivity contribution in [3.05, 3.63) is 35.4 Å². The highest BCUT2D eigenvalue weighted by Gasteiger charge is 2.33. The van der Waals surface area contributed by atoms with Gasteiger partial charge in [0.1, 0.15) is 0 Å². The molecular weight excluding hydrogens is 374 g/mol. The Morgan fingerprint density at radius 1 is 1.25 bits per heavy atom. The van der Waals surface area contributed by atoms with Gasteiger partial charge in [-0.25, -0.2) is 8.78 Å². The molecule has 0 radical (unpaired) electrons. The molecule has 28 heavy (non-hydrogen) atoms. The largest absolute Gasteiger partial charge is 0.469 e. The van der Waals surface area contributed by atoms with Gasteiger partial charge in [-0.2, -0.15) is 0 Å². The molecule has 0 aliphatic carbocycles. The third-order valence-corrected chi connectivity index (χ3v) is 4.56. The molecule has 1 aliphatic rings. The smallest absolute Gasteiger partial charge is 0.305 e. The van der Waals surface area contributed by atoms with Crippen LogP contribution in [0.3, 0.4) is 0 Å². The first-order valence-corrected chi connectivity index (χ1v) is 8.89. The van der Waals surface area contributed by atoms with E-state index in [2.05, 4.69) is 10.1 Å². The molecule has 0 aromatic heterocycles. The summed E-state index contributed by atoms with van der Waals surface area (Å²) < 4.78 is 31.7. The van der Waals surface area contributed by atoms with E-state index in [1.165, 1.54) is 24.1 Å². The fourth-order valence-electron chi connectivity index (χ4n) is 2.99. The number of methoxy groups -OCH3 is 1. The van der Waals surface area contributed by atoms with Gasteiger partial charge in [0.15, 0.2) is 17.4 Å². The van der Waals surface area contributed by atoms with Crippen LogP contribution in [0.4, 0.5) is 8.78 Å². The summed E-state index contributed by atoms with van der Waals surface area (Å²) in [4.78, 5) is 48.2. The summed E-state index contributed by atoms with van der Waals surface area (Å²) in [6.45, 7) is -0.354. The molecule has 1 unspecified atom stereocenters. The highest BCUT2D eigenvalue weighted by molar-refractivity contribution is 5.88. The van der Waals surface area contributed by atoms with Crippen LogP contribution in [0.2, 0.25) is 0 Å². The Bertz CT molecular complexity index is 769. The maximum Gasteiger partial charge on any atom is 0.305 e. The maximum atomic E-state index is 13.9. The van der Waals surface area contributed by atoms with Crippen LogP contribution in [-0.2, 0) is 30.5 Å². The molecule has 0 bridgehead atoms. The Morgan fingerprint density at radius 2 is 2.00 bits per heavy atom. The van der Waals surface area contributed by atoms with Crippen LogP contribution in [-0.4, -0.2) is 48.2 Å². The van der Waals surface area contributed by atoms with E-state index >= 15 is 0 Å². The van der Waals surface area contributed by atoms with Crippen molar-refractivity contribution in [3.63, 3.8) is 0 Å². The minimum atomic E-state index is -1.01. The summed E-state index contributed by atoms with van der Waals surface area (Å²) >= 11 is 0. The van der Waals surface area contributed by atoms with Gasteiger partial charge in [-0.1, -0.05) is 12.1 Å². The normalized spacial score (nSPS) is 16.2. The van der Waals surface area contributed by atoms with Crippen molar-refractivity contribution in [1.82, 2.24) is 10.2 Å². The lowest BCUT2D eigenvalue weighted by molar-refractivity contribution is -0.141. The molecule has 0 saturated carbocycles. The van der Waals surface area contributed by atoms with Gasteiger partial charge in [-0.3, -0.25) is 19.2 Å². The molecule has 1 atom stereocenters. The number of esters is 1. The quantitative estimate of drug-likeness (QED) is 0.639. The van der Waals surface area contributed by atoms with Gasteiger partial charge in [0.05, 0.1) is 20.1 Å². The van der Waals surface area contributed by atoms with Gasteiger partial charge >= 0.3 is 5.97 Å². The summed E-state index contributed by atoms with van der Waals surface area (Å²) in [7, 11) is 1.22. The van der Waals surface area contributed by atoms with E-state index in [1.54, 1.807) is 0 Å². The number of rotatable bonds is 9. The topological polar surface area (TPSA) is 92.8 Å². The van der Waals surface area contributed by atoms with Crippen molar-refractivity contribution in [3.8, 4) is 0 Å². The number of ether oxygens (including phenoxy) is 1. The van der Waals surface area contributed by atoms with Crippen LogP contribution in [0.1, 0.15) is 37.7 Å². The Hall–Kier alpha value is -2.84. The molecule has 1 fully saturated rings. The second kappa shape index (κ2) is 9.91. The lowest BCUT2D eigenvalue weighted by Gasteiger charge is -2.24. The predicted octanol–water partition coefficient (Wildman–Crippen LogP) is 1.48. The lowest BCUT2D eigenvalue weighted by Crippen LogP contribution is -2.38. The molecule has 1 aromatic carbocycles. The predicted molar refractivity (Wildman–Crippen MR) is 93.8 cm³/mol. The molecule has 9 heteroatoms. The summed E-state index contributed by atoms with van der Waals surface area (Å²) in [5.74, 6) is -3.51. The lowest BCUT2D eigenvalue weighted by atomic mass is 10.1. The van der Waals surface area contributed by atoms with Gasteiger partial charge in [0.25, 0.3) is 0 Å². The van der Waals surface area contributed by atoms with Crippen molar-refractivity contribution < 1.29 is 32.7 Å². The van der Waals surface area contributed by atoms with Gasteiger partial charge in [0, 0.05) is 37.4 Å². The number of nitrogens with one attached hydrogen (secondary N) is 1. The van der Waals surface area contributed by atoms with Crippen LogP contribution < -0.4 is 5.32 Å². The first-order chi connectivity index (χ1) is 13.3.